The van der Waals surface area contributed by atoms with E-state index in [-0.39, 0.29) is 42.4 Å². The summed E-state index contributed by atoms with van der Waals surface area (Å²) >= 11 is 0. The molecular formula is C17H24N4O4. The van der Waals surface area contributed by atoms with Gasteiger partial charge in [0.25, 0.3) is 5.91 Å². The first kappa shape index (κ1) is 17.4. The Labute approximate surface area is 146 Å². The summed E-state index contributed by atoms with van der Waals surface area (Å²) < 4.78 is 4.98. The molecule has 136 valence electrons. The number of fused-ring (bicyclic) bond motifs is 1. The molecule has 2 saturated heterocycles. The van der Waals surface area contributed by atoms with Gasteiger partial charge in [0.1, 0.15) is 11.8 Å². The molecule has 2 fully saturated rings. The van der Waals surface area contributed by atoms with Gasteiger partial charge in [-0.1, -0.05) is 19.0 Å². The summed E-state index contributed by atoms with van der Waals surface area (Å²) in [5.74, 6) is 0.456. The van der Waals surface area contributed by atoms with E-state index in [0.717, 1.165) is 0 Å². The molecule has 0 spiro atoms. The number of carbonyl (C=O) groups excluding carboxylic acids is 3. The van der Waals surface area contributed by atoms with Gasteiger partial charge < -0.3 is 19.2 Å². The molecule has 2 aliphatic heterocycles. The molecule has 8 heteroatoms. The molecule has 8 nitrogen and oxygen atoms in total. The molecule has 1 atom stereocenters. The van der Waals surface area contributed by atoms with Crippen LogP contribution in [0.2, 0.25) is 0 Å². The summed E-state index contributed by atoms with van der Waals surface area (Å²) in [6, 6.07) is 0.976. The molecule has 3 heterocycles. The van der Waals surface area contributed by atoms with Crippen LogP contribution in [0.1, 0.15) is 36.5 Å². The van der Waals surface area contributed by atoms with E-state index in [1.807, 2.05) is 13.8 Å². The van der Waals surface area contributed by atoms with Crippen LogP contribution < -0.4 is 0 Å². The zero-order valence-electron chi connectivity index (χ0n) is 14.9. The minimum Gasteiger partial charge on any atom is -0.361 e. The molecule has 25 heavy (non-hydrogen) atoms. The van der Waals surface area contributed by atoms with Gasteiger partial charge in [0.15, 0.2) is 5.69 Å². The lowest BCUT2D eigenvalue weighted by molar-refractivity contribution is -0.156. The zero-order chi connectivity index (χ0) is 18.1. The Morgan fingerprint density at radius 1 is 1.36 bits per heavy atom. The summed E-state index contributed by atoms with van der Waals surface area (Å²) in [5.41, 5.74) is 0.236. The molecule has 3 rings (SSSR count). The number of amides is 3. The van der Waals surface area contributed by atoms with Crippen LogP contribution in [-0.4, -0.2) is 76.3 Å². The predicted octanol–water partition coefficient (Wildman–Crippen LogP) is 0.524. The molecule has 0 aliphatic carbocycles. The van der Waals surface area contributed by atoms with Crippen molar-refractivity contribution in [2.75, 3.05) is 32.7 Å². The van der Waals surface area contributed by atoms with Gasteiger partial charge in [-0.15, -0.1) is 0 Å². The van der Waals surface area contributed by atoms with Crippen LogP contribution in [-0.2, 0) is 9.59 Å². The number of rotatable bonds is 3. The second-order valence-electron chi connectivity index (χ2n) is 7.14. The Morgan fingerprint density at radius 3 is 2.76 bits per heavy atom. The maximum Gasteiger partial charge on any atom is 0.276 e. The Bertz CT molecular complexity index is 684. The van der Waals surface area contributed by atoms with Crippen molar-refractivity contribution < 1.29 is 18.9 Å². The largest absolute Gasteiger partial charge is 0.361 e. The summed E-state index contributed by atoms with van der Waals surface area (Å²) in [6.07, 6.45) is 0.641. The van der Waals surface area contributed by atoms with E-state index < -0.39 is 6.04 Å². The van der Waals surface area contributed by atoms with E-state index in [1.54, 1.807) is 27.7 Å². The van der Waals surface area contributed by atoms with Crippen LogP contribution in [0.5, 0.6) is 0 Å². The van der Waals surface area contributed by atoms with E-state index in [0.29, 0.717) is 31.8 Å². The van der Waals surface area contributed by atoms with Crippen molar-refractivity contribution in [3.8, 4) is 0 Å². The second-order valence-corrected chi connectivity index (χ2v) is 7.14. The van der Waals surface area contributed by atoms with Gasteiger partial charge in [0, 0.05) is 25.7 Å². The van der Waals surface area contributed by atoms with Gasteiger partial charge >= 0.3 is 0 Å². The van der Waals surface area contributed by atoms with Gasteiger partial charge in [-0.2, -0.15) is 0 Å². The Kier molecular flexibility index (Phi) is 4.78. The smallest absolute Gasteiger partial charge is 0.276 e. The molecule has 1 aromatic rings. The van der Waals surface area contributed by atoms with Crippen LogP contribution in [0.15, 0.2) is 10.6 Å². The van der Waals surface area contributed by atoms with Crippen LogP contribution >= 0.6 is 0 Å². The van der Waals surface area contributed by atoms with Gasteiger partial charge in [-0.25, -0.2) is 0 Å². The lowest BCUT2D eigenvalue weighted by Crippen LogP contribution is -2.62. The quantitative estimate of drug-likeness (QED) is 0.795. The molecule has 0 saturated carbocycles. The number of nitrogens with zero attached hydrogens (tertiary/aromatic N) is 4. The molecule has 2 aliphatic rings. The number of carbonyl (C=O) groups is 3. The first-order chi connectivity index (χ1) is 11.9. The molecule has 0 radical (unpaired) electrons. The van der Waals surface area contributed by atoms with Crippen molar-refractivity contribution in [1.82, 2.24) is 19.9 Å². The van der Waals surface area contributed by atoms with Gasteiger partial charge in [0.2, 0.25) is 11.8 Å². The number of piperazine rings is 1. The standard InChI is InChI=1S/C17H24N4O4/c1-11(2)8-20-10-15(22)21-6-4-5-19(9-14(21)17(20)24)16(23)13-7-12(3)25-18-13/h7,11,14H,4-6,8-10H2,1-3H3. The van der Waals surface area contributed by atoms with Crippen LogP contribution in [0.25, 0.3) is 0 Å². The number of aromatic nitrogens is 1. The summed E-state index contributed by atoms with van der Waals surface area (Å²) in [6.45, 7) is 7.61. The Morgan fingerprint density at radius 2 is 2.12 bits per heavy atom. The summed E-state index contributed by atoms with van der Waals surface area (Å²) in [4.78, 5) is 42.8. The maximum atomic E-state index is 12.9. The average molecular weight is 348 g/mol. The van der Waals surface area contributed by atoms with Crippen LogP contribution in [0.3, 0.4) is 0 Å². The third-order valence-electron chi connectivity index (χ3n) is 4.56. The topological polar surface area (TPSA) is 87.0 Å². The first-order valence-corrected chi connectivity index (χ1v) is 8.67. The highest BCUT2D eigenvalue weighted by molar-refractivity contribution is 5.97. The number of hydrogen-bond donors (Lipinski definition) is 0. The Hall–Kier alpha value is -2.38. The fraction of sp³-hybridized carbons (Fsp3) is 0.647. The highest BCUT2D eigenvalue weighted by Crippen LogP contribution is 2.20. The van der Waals surface area contributed by atoms with Crippen molar-refractivity contribution in [3.05, 3.63) is 17.5 Å². The van der Waals surface area contributed by atoms with Crippen LogP contribution in [0.4, 0.5) is 0 Å². The van der Waals surface area contributed by atoms with Crippen molar-refractivity contribution in [2.24, 2.45) is 5.92 Å². The average Bonchev–Trinajstić information content (AvgIpc) is 2.85. The molecule has 0 bridgehead atoms. The molecule has 1 unspecified atom stereocenters. The maximum absolute atomic E-state index is 12.9. The van der Waals surface area contributed by atoms with Gasteiger partial charge in [0.05, 0.1) is 13.1 Å². The molecular weight excluding hydrogens is 324 g/mol. The SMILES string of the molecule is Cc1cc(C(=O)N2CCCN3C(=O)CN(CC(C)C)C(=O)C3C2)no1. The van der Waals surface area contributed by atoms with Crippen LogP contribution in [0, 0.1) is 12.8 Å². The number of hydrogen-bond acceptors (Lipinski definition) is 5. The minimum absolute atomic E-state index is 0.0446. The van der Waals surface area contributed by atoms with Crippen molar-refractivity contribution >= 4 is 17.7 Å². The fourth-order valence-electron chi connectivity index (χ4n) is 3.45. The van der Waals surface area contributed by atoms with E-state index in [9.17, 15) is 14.4 Å². The third-order valence-corrected chi connectivity index (χ3v) is 4.56. The predicted molar refractivity (Wildman–Crippen MR) is 88.7 cm³/mol. The second kappa shape index (κ2) is 6.85. The normalized spacial score (nSPS) is 21.6. The number of aryl methyl sites for hydroxylation is 1. The highest BCUT2D eigenvalue weighted by atomic mass is 16.5. The van der Waals surface area contributed by atoms with E-state index in [2.05, 4.69) is 5.16 Å². The fourth-order valence-corrected chi connectivity index (χ4v) is 3.45. The molecule has 0 aromatic carbocycles. The van der Waals surface area contributed by atoms with Gasteiger partial charge in [-0.05, 0) is 19.3 Å². The molecule has 3 amide bonds. The van der Waals surface area contributed by atoms with E-state index >= 15 is 0 Å². The van der Waals surface area contributed by atoms with E-state index in [4.69, 9.17) is 4.52 Å². The van der Waals surface area contributed by atoms with Crippen molar-refractivity contribution in [3.63, 3.8) is 0 Å². The lowest BCUT2D eigenvalue weighted by Gasteiger charge is -2.40. The highest BCUT2D eigenvalue weighted by Gasteiger charge is 2.42. The zero-order valence-corrected chi connectivity index (χ0v) is 14.9. The summed E-state index contributed by atoms with van der Waals surface area (Å²) in [7, 11) is 0. The summed E-state index contributed by atoms with van der Waals surface area (Å²) in [5, 5.41) is 3.77. The Balaban J connectivity index is 1.80. The van der Waals surface area contributed by atoms with Crippen molar-refractivity contribution in [2.45, 2.75) is 33.2 Å². The van der Waals surface area contributed by atoms with E-state index in [1.165, 1.54) is 0 Å². The monoisotopic (exact) mass is 348 g/mol. The lowest BCUT2D eigenvalue weighted by atomic mass is 10.1. The van der Waals surface area contributed by atoms with Crippen molar-refractivity contribution in [1.29, 1.82) is 0 Å². The molecule has 1 aromatic heterocycles. The minimum atomic E-state index is -0.612. The molecule has 0 N–H and O–H groups in total. The third kappa shape index (κ3) is 3.52. The van der Waals surface area contributed by atoms with Gasteiger partial charge in [-0.3, -0.25) is 14.4 Å². The first-order valence-electron chi connectivity index (χ1n) is 8.67.